The molecule has 0 radical (unpaired) electrons. The molecule has 0 unspecified atom stereocenters. The summed E-state index contributed by atoms with van der Waals surface area (Å²) in [5, 5.41) is 9.74. The highest BCUT2D eigenvalue weighted by atomic mass is 16.2. The predicted molar refractivity (Wildman–Crippen MR) is 54.3 cm³/mol. The van der Waals surface area contributed by atoms with Gasteiger partial charge in [0.05, 0.1) is 0 Å². The number of nitrogens with one attached hydrogen (secondary N) is 2. The first kappa shape index (κ1) is 9.95. The fourth-order valence-corrected chi connectivity index (χ4v) is 1.25. The maximum Gasteiger partial charge on any atom is 0.315 e. The van der Waals surface area contributed by atoms with Gasteiger partial charge >= 0.3 is 6.03 Å². The van der Waals surface area contributed by atoms with E-state index in [0.29, 0.717) is 19.0 Å². The van der Waals surface area contributed by atoms with Crippen molar-refractivity contribution in [1.82, 2.24) is 25.4 Å². The van der Waals surface area contributed by atoms with Crippen LogP contribution in [0.2, 0.25) is 0 Å². The van der Waals surface area contributed by atoms with Crippen molar-refractivity contribution in [3.8, 4) is 0 Å². The molecule has 82 valence electrons. The Kier molecular flexibility index (Phi) is 2.84. The van der Waals surface area contributed by atoms with Crippen LogP contribution < -0.4 is 10.6 Å². The van der Waals surface area contributed by atoms with Gasteiger partial charge in [0.1, 0.15) is 6.33 Å². The van der Waals surface area contributed by atoms with Gasteiger partial charge < -0.3 is 10.6 Å². The zero-order valence-electron chi connectivity index (χ0n) is 8.73. The predicted octanol–water partition coefficient (Wildman–Crippen LogP) is -0.181. The van der Waals surface area contributed by atoms with Crippen molar-refractivity contribution in [3.63, 3.8) is 0 Å². The summed E-state index contributed by atoms with van der Waals surface area (Å²) >= 11 is 0. The Labute approximate surface area is 88.1 Å². The Morgan fingerprint density at radius 1 is 1.67 bits per heavy atom. The molecule has 1 aliphatic carbocycles. The van der Waals surface area contributed by atoms with Crippen molar-refractivity contribution in [1.29, 1.82) is 0 Å². The molecule has 2 rings (SSSR count). The summed E-state index contributed by atoms with van der Waals surface area (Å²) in [4.78, 5) is 15.3. The van der Waals surface area contributed by atoms with Crippen LogP contribution in [-0.4, -0.2) is 33.4 Å². The van der Waals surface area contributed by atoms with Crippen molar-refractivity contribution in [2.75, 3.05) is 6.54 Å². The SMILES string of the molecule is Cn1cnc(CCNC(=O)NC2CC2)n1. The molecule has 0 spiro atoms. The molecule has 1 aromatic heterocycles. The first-order valence-electron chi connectivity index (χ1n) is 5.13. The maximum absolute atomic E-state index is 11.2. The van der Waals surface area contributed by atoms with Crippen LogP contribution in [0.25, 0.3) is 0 Å². The summed E-state index contributed by atoms with van der Waals surface area (Å²) in [7, 11) is 1.82. The third-order valence-electron chi connectivity index (χ3n) is 2.19. The second-order valence-corrected chi connectivity index (χ2v) is 3.76. The largest absolute Gasteiger partial charge is 0.338 e. The lowest BCUT2D eigenvalue weighted by molar-refractivity contribution is 0.240. The van der Waals surface area contributed by atoms with E-state index < -0.39 is 0 Å². The summed E-state index contributed by atoms with van der Waals surface area (Å²) in [5.41, 5.74) is 0. The monoisotopic (exact) mass is 209 g/mol. The van der Waals surface area contributed by atoms with E-state index in [-0.39, 0.29) is 6.03 Å². The molecule has 6 nitrogen and oxygen atoms in total. The van der Waals surface area contributed by atoms with Crippen molar-refractivity contribution >= 4 is 6.03 Å². The minimum atomic E-state index is -0.0894. The van der Waals surface area contributed by atoms with E-state index in [9.17, 15) is 4.79 Å². The van der Waals surface area contributed by atoms with E-state index in [1.807, 2.05) is 7.05 Å². The smallest absolute Gasteiger partial charge is 0.315 e. The Morgan fingerprint density at radius 2 is 2.47 bits per heavy atom. The van der Waals surface area contributed by atoms with Gasteiger partial charge in [0.15, 0.2) is 5.82 Å². The normalized spacial score (nSPS) is 15.0. The summed E-state index contributed by atoms with van der Waals surface area (Å²) in [6.45, 7) is 0.572. The molecule has 0 aromatic carbocycles. The van der Waals surface area contributed by atoms with E-state index in [4.69, 9.17) is 0 Å². The minimum absolute atomic E-state index is 0.0894. The lowest BCUT2D eigenvalue weighted by Crippen LogP contribution is -2.37. The van der Waals surface area contributed by atoms with Gasteiger partial charge in [-0.15, -0.1) is 0 Å². The average molecular weight is 209 g/mol. The minimum Gasteiger partial charge on any atom is -0.338 e. The second-order valence-electron chi connectivity index (χ2n) is 3.76. The highest BCUT2D eigenvalue weighted by Gasteiger charge is 2.22. The number of nitrogens with zero attached hydrogens (tertiary/aromatic N) is 3. The van der Waals surface area contributed by atoms with Crippen LogP contribution in [0.15, 0.2) is 6.33 Å². The van der Waals surface area contributed by atoms with Crippen molar-refractivity contribution in [2.45, 2.75) is 25.3 Å². The quantitative estimate of drug-likeness (QED) is 0.722. The third-order valence-corrected chi connectivity index (χ3v) is 2.19. The molecule has 6 heteroatoms. The highest BCUT2D eigenvalue weighted by Crippen LogP contribution is 2.18. The van der Waals surface area contributed by atoms with Gasteiger partial charge in [-0.05, 0) is 12.8 Å². The summed E-state index contributed by atoms with van der Waals surface area (Å²) in [6.07, 6.45) is 4.53. The number of hydrogen-bond donors (Lipinski definition) is 2. The Balaban J connectivity index is 1.63. The summed E-state index contributed by atoms with van der Waals surface area (Å²) in [6, 6.07) is 0.311. The molecule has 1 heterocycles. The van der Waals surface area contributed by atoms with E-state index in [1.54, 1.807) is 11.0 Å². The number of urea groups is 1. The summed E-state index contributed by atoms with van der Waals surface area (Å²) in [5.74, 6) is 0.754. The number of rotatable bonds is 4. The van der Waals surface area contributed by atoms with Crippen molar-refractivity contribution in [3.05, 3.63) is 12.2 Å². The fourth-order valence-electron chi connectivity index (χ4n) is 1.25. The topological polar surface area (TPSA) is 71.8 Å². The highest BCUT2D eigenvalue weighted by molar-refractivity contribution is 5.74. The standard InChI is InChI=1S/C9H15N5O/c1-14-6-11-8(13-14)4-5-10-9(15)12-7-2-3-7/h6-7H,2-5H2,1H3,(H2,10,12,15). The number of amides is 2. The number of aromatic nitrogens is 3. The van der Waals surface area contributed by atoms with Crippen molar-refractivity contribution in [2.24, 2.45) is 7.05 Å². The average Bonchev–Trinajstić information content (AvgIpc) is 2.89. The molecule has 1 aromatic rings. The van der Waals surface area contributed by atoms with Gasteiger partial charge in [-0.1, -0.05) is 0 Å². The molecular weight excluding hydrogens is 194 g/mol. The van der Waals surface area contributed by atoms with Crippen LogP contribution in [0, 0.1) is 0 Å². The molecule has 2 N–H and O–H groups in total. The molecule has 1 aliphatic rings. The molecule has 0 atom stereocenters. The van der Waals surface area contributed by atoms with Gasteiger partial charge in [-0.2, -0.15) is 5.10 Å². The first-order chi connectivity index (χ1) is 7.24. The van der Waals surface area contributed by atoms with Gasteiger partial charge in [0.2, 0.25) is 0 Å². The maximum atomic E-state index is 11.2. The van der Waals surface area contributed by atoms with Crippen LogP contribution in [-0.2, 0) is 13.5 Å². The Bertz CT molecular complexity index is 344. The number of hydrogen-bond acceptors (Lipinski definition) is 3. The third kappa shape index (κ3) is 3.23. The number of aryl methyl sites for hydroxylation is 1. The van der Waals surface area contributed by atoms with Crippen LogP contribution in [0.5, 0.6) is 0 Å². The van der Waals surface area contributed by atoms with Crippen LogP contribution in [0.4, 0.5) is 4.79 Å². The van der Waals surface area contributed by atoms with Crippen LogP contribution >= 0.6 is 0 Å². The zero-order valence-corrected chi connectivity index (χ0v) is 8.73. The Hall–Kier alpha value is -1.59. The lowest BCUT2D eigenvalue weighted by Gasteiger charge is -2.04. The van der Waals surface area contributed by atoms with Crippen LogP contribution in [0.1, 0.15) is 18.7 Å². The molecule has 1 saturated carbocycles. The second kappa shape index (κ2) is 4.29. The van der Waals surface area contributed by atoms with Crippen LogP contribution in [0.3, 0.4) is 0 Å². The van der Waals surface area contributed by atoms with Gasteiger partial charge in [0, 0.05) is 26.1 Å². The van der Waals surface area contributed by atoms with Gasteiger partial charge in [-0.3, -0.25) is 4.68 Å². The molecule has 0 bridgehead atoms. The number of carbonyl (C=O) groups excluding carboxylic acids is 1. The number of carbonyl (C=O) groups is 1. The molecule has 1 fully saturated rings. The molecule has 0 aliphatic heterocycles. The van der Waals surface area contributed by atoms with Crippen molar-refractivity contribution < 1.29 is 4.79 Å². The van der Waals surface area contributed by atoms with E-state index in [0.717, 1.165) is 18.7 Å². The van der Waals surface area contributed by atoms with E-state index in [1.165, 1.54) is 0 Å². The molecule has 2 amide bonds. The first-order valence-corrected chi connectivity index (χ1v) is 5.13. The Morgan fingerprint density at radius 3 is 3.07 bits per heavy atom. The summed E-state index contributed by atoms with van der Waals surface area (Å²) < 4.78 is 1.65. The molecule has 15 heavy (non-hydrogen) atoms. The van der Waals surface area contributed by atoms with E-state index in [2.05, 4.69) is 20.7 Å². The zero-order chi connectivity index (χ0) is 10.7. The lowest BCUT2D eigenvalue weighted by atomic mass is 10.4. The molecule has 0 saturated heterocycles. The van der Waals surface area contributed by atoms with Gasteiger partial charge in [0.25, 0.3) is 0 Å². The van der Waals surface area contributed by atoms with Gasteiger partial charge in [-0.25, -0.2) is 9.78 Å². The fraction of sp³-hybridized carbons (Fsp3) is 0.667. The molecular formula is C9H15N5O. The van der Waals surface area contributed by atoms with E-state index >= 15 is 0 Å².